The average Bonchev–Trinajstić information content (AvgIpc) is 2.58. The van der Waals surface area contributed by atoms with Crippen LogP contribution >= 0.6 is 0 Å². The highest BCUT2D eigenvalue weighted by Gasteiger charge is 2.19. The lowest BCUT2D eigenvalue weighted by Crippen LogP contribution is -1.97. The second kappa shape index (κ2) is 5.95. The molecule has 0 aromatic heterocycles. The molecule has 0 heterocycles. The number of benzene rings is 3. The molecule has 0 aliphatic carbocycles. The highest BCUT2D eigenvalue weighted by molar-refractivity contribution is 5.89. The molecule has 0 saturated carbocycles. The van der Waals surface area contributed by atoms with Gasteiger partial charge in [-0.25, -0.2) is 13.2 Å². The minimum Gasteiger partial charge on any atom is -0.497 e. The summed E-state index contributed by atoms with van der Waals surface area (Å²) in [5.41, 5.74) is 0.971. The maximum absolute atomic E-state index is 14.4. The molecule has 0 aliphatic rings. The topological polar surface area (TPSA) is 9.23 Å². The van der Waals surface area contributed by atoms with E-state index >= 15 is 0 Å². The van der Waals surface area contributed by atoms with Gasteiger partial charge in [0.25, 0.3) is 0 Å². The van der Waals surface area contributed by atoms with Crippen molar-refractivity contribution in [2.45, 2.75) is 13.3 Å². The molecule has 4 heteroatoms. The van der Waals surface area contributed by atoms with Crippen LogP contribution in [0.1, 0.15) is 12.5 Å². The Balaban J connectivity index is 2.25. The molecule has 0 bridgehead atoms. The van der Waals surface area contributed by atoms with Gasteiger partial charge in [0.05, 0.1) is 12.5 Å². The molecule has 0 N–H and O–H groups in total. The summed E-state index contributed by atoms with van der Waals surface area (Å²) in [6, 6.07) is 11.3. The van der Waals surface area contributed by atoms with Crippen LogP contribution < -0.4 is 4.74 Å². The zero-order chi connectivity index (χ0) is 16.6. The van der Waals surface area contributed by atoms with Gasteiger partial charge in [-0.05, 0) is 41.1 Å². The molecule has 3 rings (SSSR count). The first-order chi connectivity index (χ1) is 11.1. The lowest BCUT2D eigenvalue weighted by atomic mass is 9.97. The van der Waals surface area contributed by atoms with Crippen molar-refractivity contribution in [3.05, 3.63) is 65.5 Å². The summed E-state index contributed by atoms with van der Waals surface area (Å²) in [4.78, 5) is 0. The SMILES string of the molecule is CCc1ccc2cc(-c3ccc(OC)cc3)c(F)c(F)c2c1F. The zero-order valence-electron chi connectivity index (χ0n) is 12.8. The Kier molecular flexibility index (Phi) is 3.99. The Morgan fingerprint density at radius 1 is 0.870 bits per heavy atom. The Morgan fingerprint density at radius 2 is 1.57 bits per heavy atom. The van der Waals surface area contributed by atoms with Gasteiger partial charge in [0.15, 0.2) is 11.6 Å². The predicted octanol–water partition coefficient (Wildman–Crippen LogP) is 5.50. The molecular weight excluding hydrogens is 301 g/mol. The van der Waals surface area contributed by atoms with E-state index in [1.54, 1.807) is 43.3 Å². The molecule has 0 aliphatic heterocycles. The number of rotatable bonds is 3. The number of hydrogen-bond donors (Lipinski definition) is 0. The largest absolute Gasteiger partial charge is 0.497 e. The molecule has 0 saturated heterocycles. The van der Waals surface area contributed by atoms with Crippen molar-refractivity contribution in [2.75, 3.05) is 7.11 Å². The van der Waals surface area contributed by atoms with Crippen LogP contribution in [0.3, 0.4) is 0 Å². The van der Waals surface area contributed by atoms with Crippen LogP contribution in [0.25, 0.3) is 21.9 Å². The monoisotopic (exact) mass is 316 g/mol. The summed E-state index contributed by atoms with van der Waals surface area (Å²) >= 11 is 0. The number of ether oxygens (including phenoxy) is 1. The molecule has 0 unspecified atom stereocenters. The van der Waals surface area contributed by atoms with Crippen molar-refractivity contribution in [1.29, 1.82) is 0 Å². The van der Waals surface area contributed by atoms with Crippen molar-refractivity contribution in [1.82, 2.24) is 0 Å². The molecule has 0 spiro atoms. The van der Waals surface area contributed by atoms with Crippen molar-refractivity contribution < 1.29 is 17.9 Å². The van der Waals surface area contributed by atoms with Crippen LogP contribution in [0.5, 0.6) is 5.75 Å². The number of fused-ring (bicyclic) bond motifs is 1. The van der Waals surface area contributed by atoms with Gasteiger partial charge in [-0.3, -0.25) is 0 Å². The first kappa shape index (κ1) is 15.4. The fourth-order valence-electron chi connectivity index (χ4n) is 2.68. The fraction of sp³-hybridized carbons (Fsp3) is 0.158. The standard InChI is InChI=1S/C19H15F3O/c1-3-11-4-5-13-10-15(12-6-8-14(23-2)9-7-12)18(21)19(22)16(13)17(11)20/h4-10H,3H2,1-2H3. The van der Waals surface area contributed by atoms with Crippen LogP contribution in [0.2, 0.25) is 0 Å². The highest BCUT2D eigenvalue weighted by atomic mass is 19.2. The van der Waals surface area contributed by atoms with Gasteiger partial charge in [0.2, 0.25) is 0 Å². The van der Waals surface area contributed by atoms with E-state index in [-0.39, 0.29) is 10.9 Å². The van der Waals surface area contributed by atoms with Crippen molar-refractivity contribution in [3.63, 3.8) is 0 Å². The van der Waals surface area contributed by atoms with Gasteiger partial charge >= 0.3 is 0 Å². The van der Waals surface area contributed by atoms with Crippen LogP contribution in [-0.2, 0) is 6.42 Å². The van der Waals surface area contributed by atoms with Gasteiger partial charge in [0.1, 0.15) is 11.6 Å². The first-order valence-corrected chi connectivity index (χ1v) is 7.30. The van der Waals surface area contributed by atoms with Crippen molar-refractivity contribution in [2.24, 2.45) is 0 Å². The van der Waals surface area contributed by atoms with Crippen molar-refractivity contribution in [3.8, 4) is 16.9 Å². The van der Waals surface area contributed by atoms with Crippen LogP contribution in [0.15, 0.2) is 42.5 Å². The molecule has 118 valence electrons. The normalized spacial score (nSPS) is 11.0. The predicted molar refractivity (Wildman–Crippen MR) is 85.2 cm³/mol. The molecule has 23 heavy (non-hydrogen) atoms. The second-order valence-corrected chi connectivity index (χ2v) is 5.27. The molecule has 1 nitrogen and oxygen atoms in total. The minimum atomic E-state index is -1.15. The Labute approximate surface area is 132 Å². The van der Waals surface area contributed by atoms with Gasteiger partial charge in [-0.15, -0.1) is 0 Å². The fourth-order valence-corrected chi connectivity index (χ4v) is 2.68. The van der Waals surface area contributed by atoms with Gasteiger partial charge < -0.3 is 4.74 Å². The van der Waals surface area contributed by atoms with Gasteiger partial charge in [0, 0.05) is 5.56 Å². The Bertz CT molecular complexity index is 870. The summed E-state index contributed by atoms with van der Waals surface area (Å²) in [6.07, 6.45) is 0.420. The molecule has 0 atom stereocenters. The molecule has 0 fully saturated rings. The summed E-state index contributed by atoms with van der Waals surface area (Å²) in [7, 11) is 1.53. The third kappa shape index (κ3) is 2.54. The third-order valence-electron chi connectivity index (χ3n) is 3.98. The molecular formula is C19H15F3O. The van der Waals surface area contributed by atoms with Crippen molar-refractivity contribution >= 4 is 10.8 Å². The summed E-state index contributed by atoms with van der Waals surface area (Å²) in [5, 5.41) is 0.0449. The van der Waals surface area contributed by atoms with E-state index in [1.165, 1.54) is 13.2 Å². The van der Waals surface area contributed by atoms with E-state index in [4.69, 9.17) is 4.74 Å². The highest BCUT2D eigenvalue weighted by Crippen LogP contribution is 2.33. The van der Waals surface area contributed by atoms with Gasteiger partial charge in [-0.1, -0.05) is 31.2 Å². The van der Waals surface area contributed by atoms with E-state index in [0.29, 0.717) is 28.7 Å². The lowest BCUT2D eigenvalue weighted by molar-refractivity contribution is 0.415. The Morgan fingerprint density at radius 3 is 2.17 bits per heavy atom. The lowest BCUT2D eigenvalue weighted by Gasteiger charge is -2.11. The second-order valence-electron chi connectivity index (χ2n) is 5.27. The minimum absolute atomic E-state index is 0.0984. The molecule has 3 aromatic rings. The van der Waals surface area contributed by atoms with E-state index in [2.05, 4.69) is 0 Å². The van der Waals surface area contributed by atoms with Crippen LogP contribution in [0, 0.1) is 17.5 Å². The quantitative estimate of drug-likeness (QED) is 0.620. The summed E-state index contributed by atoms with van der Waals surface area (Å²) in [6.45, 7) is 1.77. The average molecular weight is 316 g/mol. The van der Waals surface area contributed by atoms with E-state index in [0.717, 1.165) is 0 Å². The zero-order valence-corrected chi connectivity index (χ0v) is 12.8. The first-order valence-electron chi connectivity index (χ1n) is 7.30. The van der Waals surface area contributed by atoms with Gasteiger partial charge in [-0.2, -0.15) is 0 Å². The number of hydrogen-bond acceptors (Lipinski definition) is 1. The van der Waals surface area contributed by atoms with Crippen LogP contribution in [0.4, 0.5) is 13.2 Å². The molecule has 3 aromatic carbocycles. The number of halogens is 3. The van der Waals surface area contributed by atoms with E-state index in [9.17, 15) is 13.2 Å². The number of methoxy groups -OCH3 is 1. The maximum atomic E-state index is 14.4. The smallest absolute Gasteiger partial charge is 0.170 e. The summed E-state index contributed by atoms with van der Waals surface area (Å²) in [5.74, 6) is -2.27. The maximum Gasteiger partial charge on any atom is 0.170 e. The third-order valence-corrected chi connectivity index (χ3v) is 3.98. The summed E-state index contributed by atoms with van der Waals surface area (Å²) < 4.78 is 48.2. The molecule has 0 amide bonds. The van der Waals surface area contributed by atoms with E-state index in [1.807, 2.05) is 0 Å². The number of aryl methyl sites for hydroxylation is 1. The van der Waals surface area contributed by atoms with E-state index < -0.39 is 17.5 Å². The van der Waals surface area contributed by atoms with Crippen LogP contribution in [-0.4, -0.2) is 7.11 Å². The molecule has 0 radical (unpaired) electrons. The Hall–Kier alpha value is -2.49.